The molecule has 8 nitrogen and oxygen atoms in total. The fourth-order valence-electron chi connectivity index (χ4n) is 3.48. The second-order valence-electron chi connectivity index (χ2n) is 8.28. The number of nitro groups is 1. The van der Waals surface area contributed by atoms with Gasteiger partial charge in [0.1, 0.15) is 5.02 Å². The third-order valence-electron chi connectivity index (χ3n) is 5.46. The van der Waals surface area contributed by atoms with Crippen LogP contribution < -0.4 is 0 Å². The molecule has 0 saturated carbocycles. The first kappa shape index (κ1) is 26.8. The zero-order valence-electron chi connectivity index (χ0n) is 19.5. The number of amides is 1. The van der Waals surface area contributed by atoms with Crippen LogP contribution in [0.5, 0.6) is 0 Å². The molecule has 0 spiro atoms. The molecule has 0 aliphatic heterocycles. The number of hydrogen-bond donors (Lipinski definition) is 0. The maximum absolute atomic E-state index is 13.5. The van der Waals surface area contributed by atoms with Gasteiger partial charge in [0.15, 0.2) is 0 Å². The van der Waals surface area contributed by atoms with Crippen LogP contribution in [0, 0.1) is 17.0 Å². The second-order valence-corrected chi connectivity index (χ2v) is 11.6. The summed E-state index contributed by atoms with van der Waals surface area (Å²) in [6.45, 7) is 5.52. The predicted molar refractivity (Wildman–Crippen MR) is 137 cm³/mol. The number of nitro benzene ring substituents is 1. The van der Waals surface area contributed by atoms with Crippen molar-refractivity contribution < 1.29 is 18.1 Å². The van der Waals surface area contributed by atoms with E-state index in [1.54, 1.807) is 18.7 Å². The molecule has 2 aromatic carbocycles. The average Bonchev–Trinajstić information content (AvgIpc) is 3.21. The molecular weight excluding hydrogens is 510 g/mol. The lowest BCUT2D eigenvalue weighted by Crippen LogP contribution is -2.45. The highest BCUT2D eigenvalue weighted by Crippen LogP contribution is 2.29. The van der Waals surface area contributed by atoms with Crippen molar-refractivity contribution in [2.45, 2.75) is 44.8 Å². The standard InChI is InChI=1S/C24H26ClN3O5S2/c1-17(2)27(35(32,33)20-9-10-21(25)22(13-20)28(30)31)16-24(29)26(14-19-7-5-4-6-8-19)15-23-18(3)11-12-34-23/h4-13,17H,14-16H2,1-3H3. The maximum atomic E-state index is 13.5. The summed E-state index contributed by atoms with van der Waals surface area (Å²) in [7, 11) is -4.22. The molecule has 0 bridgehead atoms. The Kier molecular flexibility index (Phi) is 8.65. The zero-order chi connectivity index (χ0) is 25.8. The van der Waals surface area contributed by atoms with Crippen LogP contribution in [0.15, 0.2) is 64.9 Å². The fourth-order valence-corrected chi connectivity index (χ4v) is 6.20. The lowest BCUT2D eigenvalue weighted by atomic mass is 10.2. The van der Waals surface area contributed by atoms with Gasteiger partial charge in [0.2, 0.25) is 15.9 Å². The Balaban J connectivity index is 1.92. The molecule has 1 heterocycles. The van der Waals surface area contributed by atoms with Crippen LogP contribution in [0.1, 0.15) is 29.9 Å². The van der Waals surface area contributed by atoms with Gasteiger partial charge in [-0.15, -0.1) is 11.3 Å². The molecule has 11 heteroatoms. The van der Waals surface area contributed by atoms with E-state index in [0.29, 0.717) is 13.1 Å². The normalized spacial score (nSPS) is 11.7. The molecule has 3 aromatic rings. The first-order valence-electron chi connectivity index (χ1n) is 10.8. The zero-order valence-corrected chi connectivity index (χ0v) is 21.9. The van der Waals surface area contributed by atoms with Crippen molar-refractivity contribution in [3.05, 3.63) is 91.1 Å². The minimum atomic E-state index is -4.22. The summed E-state index contributed by atoms with van der Waals surface area (Å²) in [5, 5.41) is 13.1. The van der Waals surface area contributed by atoms with E-state index in [1.807, 2.05) is 48.7 Å². The molecule has 0 aliphatic rings. The van der Waals surface area contributed by atoms with Gasteiger partial charge in [-0.3, -0.25) is 14.9 Å². The van der Waals surface area contributed by atoms with Crippen LogP contribution in [0.25, 0.3) is 0 Å². The molecule has 0 atom stereocenters. The number of thiophene rings is 1. The highest BCUT2D eigenvalue weighted by Gasteiger charge is 2.32. The van der Waals surface area contributed by atoms with Crippen molar-refractivity contribution in [3.63, 3.8) is 0 Å². The Bertz CT molecular complexity index is 1310. The second kappa shape index (κ2) is 11.3. The number of rotatable bonds is 10. The summed E-state index contributed by atoms with van der Waals surface area (Å²) in [4.78, 5) is 26.4. The molecule has 1 aromatic heterocycles. The predicted octanol–water partition coefficient (Wildman–Crippen LogP) is 5.25. The van der Waals surface area contributed by atoms with E-state index < -0.39 is 33.2 Å². The Hall–Kier alpha value is -2.79. The Morgan fingerprint density at radius 2 is 1.80 bits per heavy atom. The molecule has 0 unspecified atom stereocenters. The van der Waals surface area contributed by atoms with Crippen LogP contribution in [-0.2, 0) is 27.9 Å². The smallest absolute Gasteiger partial charge is 0.289 e. The van der Waals surface area contributed by atoms with E-state index in [9.17, 15) is 23.3 Å². The summed E-state index contributed by atoms with van der Waals surface area (Å²) >= 11 is 7.39. The number of halogens is 1. The monoisotopic (exact) mass is 535 g/mol. The largest absolute Gasteiger partial charge is 0.332 e. The molecule has 3 rings (SSSR count). The molecule has 1 amide bonds. The third-order valence-corrected chi connectivity index (χ3v) is 8.80. The summed E-state index contributed by atoms with van der Waals surface area (Å²) in [5.74, 6) is -0.373. The summed E-state index contributed by atoms with van der Waals surface area (Å²) in [6, 6.07) is 14.2. The fraction of sp³-hybridized carbons (Fsp3) is 0.292. The lowest BCUT2D eigenvalue weighted by Gasteiger charge is -2.29. The van der Waals surface area contributed by atoms with Gasteiger partial charge in [0, 0.05) is 23.5 Å². The number of nitrogens with zero attached hydrogens (tertiary/aromatic N) is 3. The van der Waals surface area contributed by atoms with E-state index in [0.717, 1.165) is 26.4 Å². The topological polar surface area (TPSA) is 101 Å². The molecule has 186 valence electrons. The van der Waals surface area contributed by atoms with Gasteiger partial charge in [-0.2, -0.15) is 4.31 Å². The summed E-state index contributed by atoms with van der Waals surface area (Å²) in [6.07, 6.45) is 0. The van der Waals surface area contributed by atoms with Crippen molar-refractivity contribution in [2.24, 2.45) is 0 Å². The number of benzene rings is 2. The van der Waals surface area contributed by atoms with Gasteiger partial charge >= 0.3 is 0 Å². The van der Waals surface area contributed by atoms with E-state index in [1.165, 1.54) is 23.5 Å². The summed E-state index contributed by atoms with van der Waals surface area (Å²) < 4.78 is 27.9. The average molecular weight is 536 g/mol. The van der Waals surface area contributed by atoms with Crippen LogP contribution >= 0.6 is 22.9 Å². The van der Waals surface area contributed by atoms with E-state index in [-0.39, 0.29) is 15.8 Å². The SMILES string of the molecule is Cc1ccsc1CN(Cc1ccccc1)C(=O)CN(C(C)C)S(=O)(=O)c1ccc(Cl)c([N+](=O)[O-])c1. The van der Waals surface area contributed by atoms with E-state index in [4.69, 9.17) is 11.6 Å². The Labute approximate surface area is 214 Å². The van der Waals surface area contributed by atoms with Crippen molar-refractivity contribution in [3.8, 4) is 0 Å². The molecule has 0 saturated heterocycles. The van der Waals surface area contributed by atoms with Crippen LogP contribution in [-0.4, -0.2) is 41.0 Å². The first-order chi connectivity index (χ1) is 16.5. The molecule has 0 aliphatic carbocycles. The van der Waals surface area contributed by atoms with Gasteiger partial charge in [0.25, 0.3) is 5.69 Å². The molecular formula is C24H26ClN3O5S2. The van der Waals surface area contributed by atoms with Crippen LogP contribution in [0.4, 0.5) is 5.69 Å². The first-order valence-corrected chi connectivity index (χ1v) is 13.5. The molecule has 35 heavy (non-hydrogen) atoms. The minimum Gasteiger partial charge on any atom is -0.332 e. The van der Waals surface area contributed by atoms with Gasteiger partial charge < -0.3 is 4.90 Å². The Morgan fingerprint density at radius 1 is 1.11 bits per heavy atom. The molecule has 0 radical (unpaired) electrons. The summed E-state index contributed by atoms with van der Waals surface area (Å²) in [5.41, 5.74) is 1.46. The van der Waals surface area contributed by atoms with Gasteiger partial charge in [0.05, 0.1) is 22.9 Å². The quantitative estimate of drug-likeness (QED) is 0.261. The molecule has 0 N–H and O–H groups in total. The number of carbonyl (C=O) groups is 1. The highest BCUT2D eigenvalue weighted by molar-refractivity contribution is 7.89. The number of hydrogen-bond acceptors (Lipinski definition) is 6. The van der Waals surface area contributed by atoms with Crippen molar-refractivity contribution in [1.82, 2.24) is 9.21 Å². The third kappa shape index (κ3) is 6.46. The lowest BCUT2D eigenvalue weighted by molar-refractivity contribution is -0.384. The van der Waals surface area contributed by atoms with E-state index >= 15 is 0 Å². The van der Waals surface area contributed by atoms with Crippen LogP contribution in [0.2, 0.25) is 5.02 Å². The van der Waals surface area contributed by atoms with Crippen molar-refractivity contribution in [1.29, 1.82) is 0 Å². The van der Waals surface area contributed by atoms with Crippen LogP contribution in [0.3, 0.4) is 0 Å². The Morgan fingerprint density at radius 3 is 2.37 bits per heavy atom. The number of aryl methyl sites for hydroxylation is 1. The van der Waals surface area contributed by atoms with Crippen molar-refractivity contribution in [2.75, 3.05) is 6.54 Å². The maximum Gasteiger partial charge on any atom is 0.289 e. The highest BCUT2D eigenvalue weighted by atomic mass is 35.5. The molecule has 0 fully saturated rings. The van der Waals surface area contributed by atoms with Gasteiger partial charge in [-0.1, -0.05) is 41.9 Å². The number of sulfonamides is 1. The van der Waals surface area contributed by atoms with Gasteiger partial charge in [-0.05, 0) is 55.5 Å². The minimum absolute atomic E-state index is 0.165. The number of carbonyl (C=O) groups excluding carboxylic acids is 1. The van der Waals surface area contributed by atoms with E-state index in [2.05, 4.69) is 0 Å². The van der Waals surface area contributed by atoms with Gasteiger partial charge in [-0.25, -0.2) is 8.42 Å². The van der Waals surface area contributed by atoms with Crippen molar-refractivity contribution >= 4 is 44.6 Å².